The highest BCUT2D eigenvalue weighted by Crippen LogP contribution is 2.62. The largest absolute Gasteiger partial charge is 0.481 e. The van der Waals surface area contributed by atoms with Crippen molar-refractivity contribution in [2.45, 2.75) is 33.6 Å². The first kappa shape index (κ1) is 13.1. The Kier molecular flexibility index (Phi) is 2.58. The zero-order chi connectivity index (χ0) is 13.9. The van der Waals surface area contributed by atoms with E-state index in [-0.39, 0.29) is 12.2 Å². The van der Waals surface area contributed by atoms with Crippen LogP contribution in [0.25, 0.3) is 0 Å². The summed E-state index contributed by atoms with van der Waals surface area (Å²) in [4.78, 5) is 34.9. The van der Waals surface area contributed by atoms with Crippen LogP contribution >= 0.6 is 0 Å². The Bertz CT molecular complexity index is 437. The van der Waals surface area contributed by atoms with Crippen molar-refractivity contribution in [2.75, 3.05) is 0 Å². The molecular weight excluding hydrogens is 236 g/mol. The van der Waals surface area contributed by atoms with Gasteiger partial charge in [0.2, 0.25) is 0 Å². The minimum atomic E-state index is -1.17. The predicted molar refractivity (Wildman–Crippen MR) is 61.9 cm³/mol. The molecule has 3 aliphatic rings. The number of hydrogen-bond acceptors (Lipinski definition) is 3. The maximum atomic E-state index is 12.1. The average Bonchev–Trinajstić information content (AvgIpc) is 2.10. The van der Waals surface area contributed by atoms with Crippen LogP contribution in [0, 0.1) is 28.6 Å². The molecule has 0 radical (unpaired) electrons. The summed E-state index contributed by atoms with van der Waals surface area (Å²) in [5.74, 6) is -5.11. The molecule has 0 saturated heterocycles. The van der Waals surface area contributed by atoms with E-state index in [1.54, 1.807) is 6.92 Å². The molecular formula is C13H18O5. The third kappa shape index (κ3) is 1.56. The topological polar surface area (TPSA) is 91.7 Å². The number of hydrogen-bond donors (Lipinski definition) is 2. The van der Waals surface area contributed by atoms with E-state index in [4.69, 9.17) is 0 Å². The lowest BCUT2D eigenvalue weighted by atomic mass is 9.43. The molecule has 2 N–H and O–H groups in total. The van der Waals surface area contributed by atoms with E-state index in [0.29, 0.717) is 6.42 Å². The highest BCUT2D eigenvalue weighted by molar-refractivity contribution is 5.94. The van der Waals surface area contributed by atoms with Gasteiger partial charge in [0.25, 0.3) is 0 Å². The lowest BCUT2D eigenvalue weighted by molar-refractivity contribution is -0.189. The molecule has 0 aromatic heterocycles. The third-order valence-corrected chi connectivity index (χ3v) is 4.65. The van der Waals surface area contributed by atoms with Gasteiger partial charge in [-0.3, -0.25) is 14.4 Å². The van der Waals surface area contributed by atoms with Crippen molar-refractivity contribution in [1.82, 2.24) is 0 Å². The molecule has 0 aliphatic heterocycles. The van der Waals surface area contributed by atoms with Crippen molar-refractivity contribution >= 4 is 17.7 Å². The average molecular weight is 254 g/mol. The fourth-order valence-electron chi connectivity index (χ4n) is 4.43. The summed E-state index contributed by atoms with van der Waals surface area (Å²) in [5.41, 5.74) is -1.19. The third-order valence-electron chi connectivity index (χ3n) is 4.65. The molecule has 3 aliphatic carbocycles. The standard InChI is InChI=1S/C13H18O5/c1-12(2)5-13(3)4-6(14)8(12)7(10(15)16)9(13)11(17)18/h7-9H,4-5H2,1-3H3,(H,15,16)(H,17,18). The van der Waals surface area contributed by atoms with E-state index < -0.39 is 40.5 Å². The van der Waals surface area contributed by atoms with Crippen LogP contribution in [-0.4, -0.2) is 27.9 Å². The lowest BCUT2D eigenvalue weighted by Gasteiger charge is -2.58. The van der Waals surface area contributed by atoms with Crippen LogP contribution < -0.4 is 0 Å². The van der Waals surface area contributed by atoms with Gasteiger partial charge in [-0.05, 0) is 17.3 Å². The van der Waals surface area contributed by atoms with Gasteiger partial charge in [0, 0.05) is 12.3 Å². The summed E-state index contributed by atoms with van der Waals surface area (Å²) in [6.45, 7) is 5.46. The van der Waals surface area contributed by atoms with Gasteiger partial charge in [0.1, 0.15) is 5.78 Å². The predicted octanol–water partition coefficient (Wildman–Crippen LogP) is 1.41. The molecule has 0 aromatic rings. The number of ketones is 1. The Labute approximate surface area is 105 Å². The van der Waals surface area contributed by atoms with Gasteiger partial charge in [0.15, 0.2) is 0 Å². The molecule has 5 nitrogen and oxygen atoms in total. The molecule has 0 aromatic carbocycles. The number of carbonyl (C=O) groups is 3. The molecule has 0 spiro atoms. The van der Waals surface area contributed by atoms with Gasteiger partial charge in [-0.2, -0.15) is 0 Å². The number of carboxylic acids is 2. The number of carbonyl (C=O) groups excluding carboxylic acids is 1. The smallest absolute Gasteiger partial charge is 0.308 e. The van der Waals surface area contributed by atoms with E-state index in [9.17, 15) is 24.6 Å². The fourth-order valence-corrected chi connectivity index (χ4v) is 4.43. The van der Waals surface area contributed by atoms with Gasteiger partial charge in [-0.1, -0.05) is 20.8 Å². The van der Waals surface area contributed by atoms with E-state index in [0.717, 1.165) is 0 Å². The molecule has 3 rings (SSSR count). The van der Waals surface area contributed by atoms with E-state index in [2.05, 4.69) is 0 Å². The second-order valence-electron chi connectivity index (χ2n) is 6.62. The monoisotopic (exact) mass is 254 g/mol. The molecule has 5 heteroatoms. The second-order valence-corrected chi connectivity index (χ2v) is 6.62. The zero-order valence-corrected chi connectivity index (χ0v) is 10.8. The lowest BCUT2D eigenvalue weighted by Crippen LogP contribution is -2.62. The van der Waals surface area contributed by atoms with E-state index in [1.165, 1.54) is 0 Å². The minimum Gasteiger partial charge on any atom is -0.481 e. The maximum absolute atomic E-state index is 12.1. The minimum absolute atomic E-state index is 0.0985. The van der Waals surface area contributed by atoms with Gasteiger partial charge in [-0.15, -0.1) is 0 Å². The summed E-state index contributed by atoms with van der Waals surface area (Å²) in [5, 5.41) is 18.7. The van der Waals surface area contributed by atoms with Crippen LogP contribution in [0.15, 0.2) is 0 Å². The van der Waals surface area contributed by atoms with Gasteiger partial charge in [-0.25, -0.2) is 0 Å². The van der Waals surface area contributed by atoms with Crippen LogP contribution in [0.2, 0.25) is 0 Å². The summed E-state index contributed by atoms with van der Waals surface area (Å²) < 4.78 is 0. The second kappa shape index (κ2) is 3.56. The Hall–Kier alpha value is -1.39. The summed E-state index contributed by atoms with van der Waals surface area (Å²) >= 11 is 0. The Balaban J connectivity index is 2.58. The first-order chi connectivity index (χ1) is 8.10. The quantitative estimate of drug-likeness (QED) is 0.777. The first-order valence-corrected chi connectivity index (χ1v) is 6.08. The maximum Gasteiger partial charge on any atom is 0.308 e. The molecule has 3 saturated carbocycles. The van der Waals surface area contributed by atoms with Crippen LogP contribution in [0.5, 0.6) is 0 Å². The molecule has 3 fully saturated rings. The molecule has 0 heterocycles. The molecule has 4 unspecified atom stereocenters. The summed E-state index contributed by atoms with van der Waals surface area (Å²) in [7, 11) is 0. The summed E-state index contributed by atoms with van der Waals surface area (Å²) in [6, 6.07) is 0. The zero-order valence-electron chi connectivity index (χ0n) is 10.8. The van der Waals surface area contributed by atoms with Crippen LogP contribution in [-0.2, 0) is 14.4 Å². The molecule has 4 atom stereocenters. The number of fused-ring (bicyclic) bond motifs is 3. The van der Waals surface area contributed by atoms with Gasteiger partial charge >= 0.3 is 11.9 Å². The Morgan fingerprint density at radius 1 is 1.17 bits per heavy atom. The van der Waals surface area contributed by atoms with Crippen molar-refractivity contribution in [3.8, 4) is 0 Å². The number of Topliss-reactive ketones (excluding diaryl/α,β-unsaturated/α-hetero) is 1. The number of rotatable bonds is 2. The fraction of sp³-hybridized carbons (Fsp3) is 0.769. The first-order valence-electron chi connectivity index (χ1n) is 6.08. The SMILES string of the molecule is CC1(C)CC2(C)CC(=O)C1C(C(=O)O)C2C(=O)O. The highest BCUT2D eigenvalue weighted by atomic mass is 16.4. The van der Waals surface area contributed by atoms with Crippen molar-refractivity contribution in [1.29, 1.82) is 0 Å². The molecule has 0 amide bonds. The normalized spacial score (nSPS) is 41.7. The van der Waals surface area contributed by atoms with Crippen molar-refractivity contribution in [3.63, 3.8) is 0 Å². The number of carboxylic acid groups (broad SMARTS) is 2. The van der Waals surface area contributed by atoms with Crippen LogP contribution in [0.3, 0.4) is 0 Å². The van der Waals surface area contributed by atoms with E-state index in [1.807, 2.05) is 13.8 Å². The highest BCUT2D eigenvalue weighted by Gasteiger charge is 2.65. The van der Waals surface area contributed by atoms with Crippen molar-refractivity contribution in [2.24, 2.45) is 28.6 Å². The Morgan fingerprint density at radius 2 is 1.72 bits per heavy atom. The Morgan fingerprint density at radius 3 is 2.11 bits per heavy atom. The van der Waals surface area contributed by atoms with Gasteiger partial charge in [0.05, 0.1) is 11.8 Å². The molecule has 18 heavy (non-hydrogen) atoms. The van der Waals surface area contributed by atoms with Gasteiger partial charge < -0.3 is 10.2 Å². The molecule has 100 valence electrons. The van der Waals surface area contributed by atoms with Crippen LogP contribution in [0.4, 0.5) is 0 Å². The van der Waals surface area contributed by atoms with E-state index >= 15 is 0 Å². The summed E-state index contributed by atoms with van der Waals surface area (Å²) in [6.07, 6.45) is 0.763. The van der Waals surface area contributed by atoms with Crippen LogP contribution in [0.1, 0.15) is 33.6 Å². The molecule has 2 bridgehead atoms. The number of aliphatic carboxylic acids is 2. The van der Waals surface area contributed by atoms with Crippen molar-refractivity contribution < 1.29 is 24.6 Å². The van der Waals surface area contributed by atoms with Crippen molar-refractivity contribution in [3.05, 3.63) is 0 Å².